The van der Waals surface area contributed by atoms with E-state index in [2.05, 4.69) is 6.92 Å². The van der Waals surface area contributed by atoms with Gasteiger partial charge >= 0.3 is 10.1 Å². The van der Waals surface area contributed by atoms with Crippen LogP contribution in [-0.4, -0.2) is 14.2 Å². The second kappa shape index (κ2) is 16.1. The van der Waals surface area contributed by atoms with Crippen molar-refractivity contribution in [2.45, 2.75) is 106 Å². The van der Waals surface area contributed by atoms with Crippen molar-refractivity contribution in [2.24, 2.45) is 0 Å². The highest BCUT2D eigenvalue weighted by atomic mass is 32.3. The SMILES string of the molecule is CCCCCCCCCCCCCCS(OS(=O)(=O)c1ccc(C)cc1)(c1ccccc1)c1ccccc1. The van der Waals surface area contributed by atoms with Gasteiger partial charge in [0.1, 0.15) is 0 Å². The normalized spacial score (nSPS) is 12.5. The van der Waals surface area contributed by atoms with Crippen molar-refractivity contribution < 1.29 is 12.0 Å². The van der Waals surface area contributed by atoms with E-state index in [9.17, 15) is 8.42 Å². The van der Waals surface area contributed by atoms with Gasteiger partial charge < -0.3 is 0 Å². The molecule has 38 heavy (non-hydrogen) atoms. The van der Waals surface area contributed by atoms with Gasteiger partial charge in [0.25, 0.3) is 0 Å². The van der Waals surface area contributed by atoms with Gasteiger partial charge in [0.2, 0.25) is 0 Å². The number of benzene rings is 3. The van der Waals surface area contributed by atoms with Crippen LogP contribution >= 0.6 is 10.3 Å². The highest BCUT2D eigenvalue weighted by molar-refractivity contribution is 8.33. The largest absolute Gasteiger partial charge is 0.306 e. The molecule has 3 aromatic rings. The summed E-state index contributed by atoms with van der Waals surface area (Å²) in [6.07, 6.45) is 15.2. The zero-order chi connectivity index (χ0) is 27.1. The molecule has 0 spiro atoms. The van der Waals surface area contributed by atoms with Crippen molar-refractivity contribution in [1.29, 1.82) is 0 Å². The predicted octanol–water partition coefficient (Wildman–Crippen LogP) is 10.2. The van der Waals surface area contributed by atoms with Crippen LogP contribution in [0.5, 0.6) is 0 Å². The van der Waals surface area contributed by atoms with Crippen molar-refractivity contribution in [2.75, 3.05) is 5.75 Å². The quantitative estimate of drug-likeness (QED) is 0.147. The third-order valence-corrected chi connectivity index (χ3v) is 12.5. The van der Waals surface area contributed by atoms with Gasteiger partial charge in [-0.1, -0.05) is 142 Å². The molecule has 3 rings (SSSR count). The van der Waals surface area contributed by atoms with Gasteiger partial charge in [-0.25, -0.2) is 3.63 Å². The minimum atomic E-state index is -3.96. The summed E-state index contributed by atoms with van der Waals surface area (Å²) in [6, 6.07) is 26.9. The molecule has 0 aromatic heterocycles. The summed E-state index contributed by atoms with van der Waals surface area (Å²) in [5, 5.41) is 0. The first-order chi connectivity index (χ1) is 18.5. The number of hydrogen-bond acceptors (Lipinski definition) is 3. The Kier molecular flexibility index (Phi) is 12.9. The van der Waals surface area contributed by atoms with Crippen LogP contribution in [0.15, 0.2) is 99.6 Å². The standard InChI is InChI=1S/C33H46O3S2/c1-3-4-5-6-7-8-9-10-11-12-13-20-29-37(31-21-16-14-17-22-31,32-23-18-15-19-24-32)36-38(34,35)33-27-25-30(2)26-28-33/h14-19,21-28H,3-13,20,29H2,1-2H3. The van der Waals surface area contributed by atoms with Crippen LogP contribution in [0.4, 0.5) is 0 Å². The lowest BCUT2D eigenvalue weighted by atomic mass is 10.1. The maximum absolute atomic E-state index is 13.6. The maximum atomic E-state index is 13.6. The lowest BCUT2D eigenvalue weighted by molar-refractivity contribution is 0.506. The summed E-state index contributed by atoms with van der Waals surface area (Å²) in [5.41, 5.74) is 1.02. The van der Waals surface area contributed by atoms with Crippen molar-refractivity contribution in [3.05, 3.63) is 90.5 Å². The summed E-state index contributed by atoms with van der Waals surface area (Å²) in [6.45, 7) is 4.22. The van der Waals surface area contributed by atoms with Crippen molar-refractivity contribution in [1.82, 2.24) is 0 Å². The summed E-state index contributed by atoms with van der Waals surface area (Å²) in [7, 11) is -6.23. The lowest BCUT2D eigenvalue weighted by Crippen LogP contribution is -2.17. The Balaban J connectivity index is 1.69. The van der Waals surface area contributed by atoms with E-state index < -0.39 is 20.4 Å². The molecule has 208 valence electrons. The van der Waals surface area contributed by atoms with E-state index in [-0.39, 0.29) is 4.90 Å². The van der Waals surface area contributed by atoms with E-state index in [0.29, 0.717) is 5.75 Å². The molecular formula is C33H46O3S2. The monoisotopic (exact) mass is 554 g/mol. The number of rotatable bonds is 18. The van der Waals surface area contributed by atoms with E-state index in [4.69, 9.17) is 3.63 Å². The van der Waals surface area contributed by atoms with Crippen LogP contribution in [0, 0.1) is 6.92 Å². The summed E-state index contributed by atoms with van der Waals surface area (Å²) in [4.78, 5) is 2.11. The van der Waals surface area contributed by atoms with Crippen molar-refractivity contribution >= 4 is 20.4 Å². The molecule has 0 unspecified atom stereocenters. The Morgan fingerprint density at radius 1 is 0.526 bits per heavy atom. The summed E-state index contributed by atoms with van der Waals surface area (Å²) in [5.74, 6) is 0.684. The van der Waals surface area contributed by atoms with Crippen LogP contribution in [0.1, 0.15) is 89.5 Å². The fourth-order valence-electron chi connectivity index (χ4n) is 4.81. The van der Waals surface area contributed by atoms with E-state index >= 15 is 0 Å². The first-order valence-corrected chi connectivity index (χ1v) is 17.6. The average Bonchev–Trinajstić information content (AvgIpc) is 2.94. The molecule has 0 aliphatic heterocycles. The van der Waals surface area contributed by atoms with E-state index in [1.807, 2.05) is 79.7 Å². The molecule has 5 heteroatoms. The molecule has 3 aromatic carbocycles. The fourth-order valence-corrected chi connectivity index (χ4v) is 10.3. The summed E-state index contributed by atoms with van der Waals surface area (Å²) >= 11 is 0. The smallest absolute Gasteiger partial charge is 0.207 e. The molecule has 0 radical (unpaired) electrons. The number of hydrogen-bond donors (Lipinski definition) is 0. The van der Waals surface area contributed by atoms with Crippen LogP contribution in [0.2, 0.25) is 0 Å². The molecule has 0 atom stereocenters. The van der Waals surface area contributed by atoms with Crippen molar-refractivity contribution in [3.63, 3.8) is 0 Å². The van der Waals surface area contributed by atoms with Crippen LogP contribution in [-0.2, 0) is 13.7 Å². The van der Waals surface area contributed by atoms with Crippen molar-refractivity contribution in [3.8, 4) is 0 Å². The molecule has 3 nitrogen and oxygen atoms in total. The number of unbranched alkanes of at least 4 members (excludes halogenated alkanes) is 11. The topological polar surface area (TPSA) is 43.4 Å². The molecule has 0 heterocycles. The molecule has 0 saturated carbocycles. The van der Waals surface area contributed by atoms with Gasteiger partial charge in [-0.15, -0.1) is 0 Å². The predicted molar refractivity (Wildman–Crippen MR) is 162 cm³/mol. The zero-order valence-corrected chi connectivity index (χ0v) is 24.9. The van der Waals surface area contributed by atoms with Gasteiger partial charge in [-0.3, -0.25) is 0 Å². The van der Waals surface area contributed by atoms with Gasteiger partial charge in [-0.2, -0.15) is 8.42 Å². The highest BCUT2D eigenvalue weighted by Crippen LogP contribution is 2.65. The second-order valence-corrected chi connectivity index (χ2v) is 14.9. The van der Waals surface area contributed by atoms with Crippen LogP contribution < -0.4 is 0 Å². The fraction of sp³-hybridized carbons (Fsp3) is 0.455. The molecule has 0 amide bonds. The molecule has 0 aliphatic rings. The molecule has 0 aliphatic carbocycles. The molecule has 0 saturated heterocycles. The van der Waals surface area contributed by atoms with E-state index in [0.717, 1.165) is 28.2 Å². The van der Waals surface area contributed by atoms with Gasteiger partial charge in [0.05, 0.1) is 4.90 Å². The molecular weight excluding hydrogens is 508 g/mol. The maximum Gasteiger partial charge on any atom is 0.306 e. The Morgan fingerprint density at radius 2 is 0.947 bits per heavy atom. The Labute approximate surface area is 233 Å². The highest BCUT2D eigenvalue weighted by Gasteiger charge is 2.35. The molecule has 0 N–H and O–H groups in total. The van der Waals surface area contributed by atoms with E-state index in [1.54, 1.807) is 12.1 Å². The third kappa shape index (κ3) is 9.29. The van der Waals surface area contributed by atoms with Gasteiger partial charge in [0.15, 0.2) is 0 Å². The Bertz CT molecular complexity index is 1100. The van der Waals surface area contributed by atoms with Crippen LogP contribution in [0.3, 0.4) is 0 Å². The molecule has 0 fully saturated rings. The average molecular weight is 555 g/mol. The Morgan fingerprint density at radius 3 is 1.39 bits per heavy atom. The third-order valence-electron chi connectivity index (χ3n) is 7.05. The van der Waals surface area contributed by atoms with Gasteiger partial charge in [0, 0.05) is 15.5 Å². The number of aryl methyl sites for hydroxylation is 1. The lowest BCUT2D eigenvalue weighted by Gasteiger charge is -2.39. The minimum Gasteiger partial charge on any atom is -0.207 e. The Hall–Kier alpha value is -2.08. The zero-order valence-electron chi connectivity index (χ0n) is 23.3. The summed E-state index contributed by atoms with van der Waals surface area (Å²) < 4.78 is 33.6. The first-order valence-electron chi connectivity index (χ1n) is 14.4. The van der Waals surface area contributed by atoms with E-state index in [1.165, 1.54) is 64.2 Å². The minimum absolute atomic E-state index is 0.210. The second-order valence-electron chi connectivity index (χ2n) is 10.2. The van der Waals surface area contributed by atoms with Gasteiger partial charge in [-0.05, 0) is 49.7 Å². The van der Waals surface area contributed by atoms with Crippen LogP contribution in [0.25, 0.3) is 0 Å². The molecule has 0 bridgehead atoms. The first kappa shape index (κ1) is 30.5.